The largest absolute Gasteiger partial charge is 0.482 e. The van der Waals surface area contributed by atoms with Gasteiger partial charge in [0.05, 0.1) is 5.69 Å². The Hall–Kier alpha value is -3.13. The van der Waals surface area contributed by atoms with Crippen LogP contribution in [0.4, 0.5) is 14.9 Å². The molecular formula is C23H31FN4O3. The zero-order valence-electron chi connectivity index (χ0n) is 18.4. The monoisotopic (exact) mass is 430 g/mol. The summed E-state index contributed by atoms with van der Waals surface area (Å²) in [6.45, 7) is 9.17. The third-order valence-corrected chi connectivity index (χ3v) is 4.79. The second-order valence-corrected chi connectivity index (χ2v) is 7.06. The van der Waals surface area contributed by atoms with Crippen molar-refractivity contribution in [1.82, 2.24) is 9.80 Å². The molecule has 0 saturated carbocycles. The summed E-state index contributed by atoms with van der Waals surface area (Å²) in [5.41, 5.74) is 7.61. The summed E-state index contributed by atoms with van der Waals surface area (Å²) < 4.78 is 18.6. The van der Waals surface area contributed by atoms with Crippen LogP contribution in [0.2, 0.25) is 0 Å². The Balaban J connectivity index is 0.00000166. The van der Waals surface area contributed by atoms with E-state index in [0.29, 0.717) is 24.5 Å². The number of ether oxygens (including phenoxy) is 1. The van der Waals surface area contributed by atoms with Crippen LogP contribution in [-0.4, -0.2) is 54.5 Å². The average molecular weight is 431 g/mol. The van der Waals surface area contributed by atoms with Gasteiger partial charge in [0, 0.05) is 32.7 Å². The number of piperazine rings is 1. The van der Waals surface area contributed by atoms with Crippen molar-refractivity contribution in [2.24, 2.45) is 5.73 Å². The molecule has 31 heavy (non-hydrogen) atoms. The van der Waals surface area contributed by atoms with Gasteiger partial charge in [-0.15, -0.1) is 0 Å². The third kappa shape index (κ3) is 7.57. The van der Waals surface area contributed by atoms with Crippen molar-refractivity contribution in [3.05, 3.63) is 59.4 Å². The third-order valence-electron chi connectivity index (χ3n) is 4.79. The maximum absolute atomic E-state index is 13.0. The molecule has 0 spiro atoms. The van der Waals surface area contributed by atoms with E-state index in [1.54, 1.807) is 29.2 Å². The predicted octanol–water partition coefficient (Wildman–Crippen LogP) is 3.37. The van der Waals surface area contributed by atoms with Gasteiger partial charge < -0.3 is 20.7 Å². The van der Waals surface area contributed by atoms with Crippen molar-refractivity contribution in [2.75, 3.05) is 38.1 Å². The number of benzene rings is 2. The Morgan fingerprint density at radius 3 is 2.32 bits per heavy atom. The Bertz CT molecular complexity index is 866. The SMILES string of the molecule is CC.Cc1ccc(OCC(=O)N2CCN(Cc3ccc(F)cc3)CC2)c(NC(N)=O)c1. The molecule has 0 aromatic heterocycles. The highest BCUT2D eigenvalue weighted by molar-refractivity contribution is 5.90. The quantitative estimate of drug-likeness (QED) is 0.736. The summed E-state index contributed by atoms with van der Waals surface area (Å²) in [4.78, 5) is 27.6. The highest BCUT2D eigenvalue weighted by atomic mass is 19.1. The van der Waals surface area contributed by atoms with Crippen LogP contribution in [0.1, 0.15) is 25.0 Å². The Morgan fingerprint density at radius 2 is 1.71 bits per heavy atom. The average Bonchev–Trinajstić information content (AvgIpc) is 2.76. The molecule has 0 aliphatic carbocycles. The van der Waals surface area contributed by atoms with Gasteiger partial charge in [0.1, 0.15) is 11.6 Å². The van der Waals surface area contributed by atoms with Crippen LogP contribution in [0.3, 0.4) is 0 Å². The molecule has 8 heteroatoms. The van der Waals surface area contributed by atoms with Crippen molar-refractivity contribution in [1.29, 1.82) is 0 Å². The van der Waals surface area contributed by atoms with E-state index >= 15 is 0 Å². The molecule has 2 aromatic carbocycles. The van der Waals surface area contributed by atoms with Gasteiger partial charge in [-0.1, -0.05) is 32.0 Å². The summed E-state index contributed by atoms with van der Waals surface area (Å²) in [5, 5.41) is 2.51. The number of aryl methyl sites for hydroxylation is 1. The molecule has 0 bridgehead atoms. The number of nitrogens with one attached hydrogen (secondary N) is 1. The number of nitrogens with two attached hydrogens (primary N) is 1. The standard InChI is InChI=1S/C21H25FN4O3.C2H6/c1-15-2-7-19(18(12-15)24-21(23)28)29-14-20(27)26-10-8-25(9-11-26)13-16-3-5-17(22)6-4-16;1-2/h2-7,12H,8-11,13-14H2,1H3,(H3,23,24,28);1-2H3. The zero-order valence-corrected chi connectivity index (χ0v) is 18.4. The summed E-state index contributed by atoms with van der Waals surface area (Å²) in [6, 6.07) is 11.1. The number of anilines is 1. The van der Waals surface area contributed by atoms with Gasteiger partial charge in [-0.25, -0.2) is 9.18 Å². The van der Waals surface area contributed by atoms with E-state index in [1.165, 1.54) is 12.1 Å². The lowest BCUT2D eigenvalue weighted by Gasteiger charge is -2.34. The topological polar surface area (TPSA) is 87.9 Å². The van der Waals surface area contributed by atoms with Crippen LogP contribution < -0.4 is 15.8 Å². The molecule has 7 nitrogen and oxygen atoms in total. The number of urea groups is 1. The predicted molar refractivity (Wildman–Crippen MR) is 119 cm³/mol. The first-order valence-corrected chi connectivity index (χ1v) is 10.4. The number of halogens is 1. The lowest BCUT2D eigenvalue weighted by Crippen LogP contribution is -2.49. The van der Waals surface area contributed by atoms with Gasteiger partial charge in [-0.3, -0.25) is 9.69 Å². The Labute approximate surface area is 183 Å². The van der Waals surface area contributed by atoms with Crippen LogP contribution in [0.15, 0.2) is 42.5 Å². The van der Waals surface area contributed by atoms with E-state index in [2.05, 4.69) is 10.2 Å². The Morgan fingerprint density at radius 1 is 1.06 bits per heavy atom. The van der Waals surface area contributed by atoms with Crippen molar-refractivity contribution in [2.45, 2.75) is 27.3 Å². The van der Waals surface area contributed by atoms with Gasteiger partial charge in [-0.2, -0.15) is 0 Å². The van der Waals surface area contributed by atoms with Gasteiger partial charge in [-0.05, 0) is 42.3 Å². The molecule has 1 aliphatic rings. The lowest BCUT2D eigenvalue weighted by molar-refractivity contribution is -0.135. The maximum atomic E-state index is 13.0. The van der Waals surface area contributed by atoms with Gasteiger partial charge in [0.15, 0.2) is 6.61 Å². The lowest BCUT2D eigenvalue weighted by atomic mass is 10.2. The second kappa shape index (κ2) is 11.9. The zero-order chi connectivity index (χ0) is 22.8. The fourth-order valence-corrected chi connectivity index (χ4v) is 3.23. The molecule has 168 valence electrons. The fraction of sp³-hybridized carbons (Fsp3) is 0.391. The molecule has 1 heterocycles. The highest BCUT2D eigenvalue weighted by Gasteiger charge is 2.22. The summed E-state index contributed by atoms with van der Waals surface area (Å²) in [6.07, 6.45) is 0. The van der Waals surface area contributed by atoms with E-state index in [0.717, 1.165) is 30.8 Å². The van der Waals surface area contributed by atoms with E-state index in [1.807, 2.05) is 26.8 Å². The van der Waals surface area contributed by atoms with Crippen molar-refractivity contribution < 1.29 is 18.7 Å². The van der Waals surface area contributed by atoms with E-state index in [4.69, 9.17) is 10.5 Å². The summed E-state index contributed by atoms with van der Waals surface area (Å²) in [5.74, 6) is 0.0432. The molecule has 3 amide bonds. The van der Waals surface area contributed by atoms with Crippen LogP contribution in [0.5, 0.6) is 5.75 Å². The van der Waals surface area contributed by atoms with E-state index < -0.39 is 6.03 Å². The van der Waals surface area contributed by atoms with E-state index in [9.17, 15) is 14.0 Å². The molecular weight excluding hydrogens is 399 g/mol. The molecule has 1 fully saturated rings. The van der Waals surface area contributed by atoms with Crippen molar-refractivity contribution in [3.8, 4) is 5.75 Å². The second-order valence-electron chi connectivity index (χ2n) is 7.06. The van der Waals surface area contributed by atoms with Gasteiger partial charge in [0.25, 0.3) is 5.91 Å². The normalized spacial score (nSPS) is 13.7. The number of primary amides is 1. The first-order chi connectivity index (χ1) is 14.9. The molecule has 1 saturated heterocycles. The van der Waals surface area contributed by atoms with Crippen LogP contribution in [0.25, 0.3) is 0 Å². The molecule has 0 radical (unpaired) electrons. The molecule has 2 aromatic rings. The number of nitrogens with zero attached hydrogens (tertiary/aromatic N) is 2. The van der Waals surface area contributed by atoms with Crippen LogP contribution in [0, 0.1) is 12.7 Å². The number of carbonyl (C=O) groups excluding carboxylic acids is 2. The number of carbonyl (C=O) groups is 2. The first-order valence-electron chi connectivity index (χ1n) is 10.4. The first kappa shape index (κ1) is 24.1. The van der Waals surface area contributed by atoms with Gasteiger partial charge >= 0.3 is 6.03 Å². The fourth-order valence-electron chi connectivity index (χ4n) is 3.23. The minimum atomic E-state index is -0.691. The van der Waals surface area contributed by atoms with Crippen molar-refractivity contribution >= 4 is 17.6 Å². The highest BCUT2D eigenvalue weighted by Crippen LogP contribution is 2.25. The molecule has 3 N–H and O–H groups in total. The maximum Gasteiger partial charge on any atom is 0.316 e. The number of amides is 3. The van der Waals surface area contributed by atoms with E-state index in [-0.39, 0.29) is 18.3 Å². The number of hydrogen-bond donors (Lipinski definition) is 2. The molecule has 0 atom stereocenters. The number of hydrogen-bond acceptors (Lipinski definition) is 4. The summed E-state index contributed by atoms with van der Waals surface area (Å²) >= 11 is 0. The van der Waals surface area contributed by atoms with Crippen molar-refractivity contribution in [3.63, 3.8) is 0 Å². The number of rotatable bonds is 6. The smallest absolute Gasteiger partial charge is 0.316 e. The Kier molecular flexibility index (Phi) is 9.27. The minimum absolute atomic E-state index is 0.114. The minimum Gasteiger partial charge on any atom is -0.482 e. The van der Waals surface area contributed by atoms with Crippen LogP contribution in [-0.2, 0) is 11.3 Å². The van der Waals surface area contributed by atoms with Crippen LogP contribution >= 0.6 is 0 Å². The summed E-state index contributed by atoms with van der Waals surface area (Å²) in [7, 11) is 0. The molecule has 1 aliphatic heterocycles. The van der Waals surface area contributed by atoms with Gasteiger partial charge in [0.2, 0.25) is 0 Å². The molecule has 0 unspecified atom stereocenters. The molecule has 3 rings (SSSR count).